The minimum atomic E-state index is -1.14. The molecule has 0 aromatic heterocycles. The van der Waals surface area contributed by atoms with Crippen molar-refractivity contribution in [3.8, 4) is 5.75 Å². The van der Waals surface area contributed by atoms with Gasteiger partial charge in [-0.2, -0.15) is 0 Å². The second-order valence-electron chi connectivity index (χ2n) is 6.15. The third-order valence-electron chi connectivity index (χ3n) is 3.93. The van der Waals surface area contributed by atoms with Crippen molar-refractivity contribution in [3.63, 3.8) is 0 Å². The van der Waals surface area contributed by atoms with Crippen LogP contribution < -0.4 is 4.74 Å². The maximum absolute atomic E-state index is 10.7. The van der Waals surface area contributed by atoms with Gasteiger partial charge in [-0.05, 0) is 26.0 Å². The van der Waals surface area contributed by atoms with Gasteiger partial charge in [0.25, 0.3) is 5.69 Å². The lowest BCUT2D eigenvalue weighted by Gasteiger charge is -2.39. The first kappa shape index (κ1) is 17.1. The summed E-state index contributed by atoms with van der Waals surface area (Å²) in [6.45, 7) is 3.09. The molecule has 1 aromatic rings. The number of non-ortho nitro benzene ring substituents is 1. The summed E-state index contributed by atoms with van der Waals surface area (Å²) in [5.74, 6) is -0.618. The van der Waals surface area contributed by atoms with Gasteiger partial charge in [0.15, 0.2) is 5.79 Å². The Morgan fingerprint density at radius 3 is 2.46 bits per heavy atom. The van der Waals surface area contributed by atoms with Crippen LogP contribution in [0.3, 0.4) is 0 Å². The fraction of sp³-hybridized carbons (Fsp3) is 0.600. The number of fused-ring (bicyclic) bond motifs is 1. The fourth-order valence-electron chi connectivity index (χ4n) is 2.88. The van der Waals surface area contributed by atoms with Crippen LogP contribution in [0, 0.1) is 10.1 Å². The number of hydrogen-bond donors (Lipinski definition) is 2. The Morgan fingerprint density at radius 1 is 1.25 bits per heavy atom. The van der Waals surface area contributed by atoms with Gasteiger partial charge in [-0.1, -0.05) is 0 Å². The van der Waals surface area contributed by atoms with E-state index in [1.807, 2.05) is 0 Å². The summed E-state index contributed by atoms with van der Waals surface area (Å²) in [5.41, 5.74) is -0.0740. The van der Waals surface area contributed by atoms with Crippen molar-refractivity contribution < 1.29 is 34.1 Å². The number of benzene rings is 1. The van der Waals surface area contributed by atoms with E-state index in [1.54, 1.807) is 13.8 Å². The maximum Gasteiger partial charge on any atom is 0.269 e. The molecule has 2 aliphatic heterocycles. The van der Waals surface area contributed by atoms with Crippen LogP contribution in [0.4, 0.5) is 5.69 Å². The number of rotatable bonds is 4. The molecule has 2 fully saturated rings. The van der Waals surface area contributed by atoms with Gasteiger partial charge in [0.05, 0.1) is 11.5 Å². The minimum Gasteiger partial charge on any atom is -0.462 e. The van der Waals surface area contributed by atoms with Gasteiger partial charge in [-0.3, -0.25) is 10.1 Å². The average molecular weight is 341 g/mol. The molecule has 2 saturated heterocycles. The van der Waals surface area contributed by atoms with Crippen LogP contribution in [0.25, 0.3) is 0 Å². The van der Waals surface area contributed by atoms with Crippen molar-refractivity contribution in [2.45, 2.75) is 50.3 Å². The predicted octanol–water partition coefficient (Wildman–Crippen LogP) is 0.572. The van der Waals surface area contributed by atoms with E-state index in [2.05, 4.69) is 0 Å². The SMILES string of the molecule is CC1(C)O[C@@H]2[C@@H](O)[C@H](Oc3ccc([N+](=O)[O-])cc3)O[C@H](CO)[C@@H]2O1. The van der Waals surface area contributed by atoms with Crippen LogP contribution in [0.15, 0.2) is 24.3 Å². The Hall–Kier alpha value is -1.78. The van der Waals surface area contributed by atoms with Crippen molar-refractivity contribution in [2.24, 2.45) is 0 Å². The van der Waals surface area contributed by atoms with Crippen LogP contribution in [0.1, 0.15) is 13.8 Å². The monoisotopic (exact) mass is 341 g/mol. The highest BCUT2D eigenvalue weighted by Crippen LogP contribution is 2.38. The summed E-state index contributed by atoms with van der Waals surface area (Å²) >= 11 is 0. The molecule has 2 aliphatic rings. The first-order chi connectivity index (χ1) is 11.3. The van der Waals surface area contributed by atoms with Crippen LogP contribution in [-0.4, -0.2) is 58.2 Å². The predicted molar refractivity (Wildman–Crippen MR) is 79.3 cm³/mol. The topological polar surface area (TPSA) is 121 Å². The van der Waals surface area contributed by atoms with E-state index in [4.69, 9.17) is 18.9 Å². The number of hydrogen-bond acceptors (Lipinski definition) is 8. The van der Waals surface area contributed by atoms with E-state index in [1.165, 1.54) is 24.3 Å². The molecule has 0 radical (unpaired) electrons. The molecule has 0 saturated carbocycles. The normalized spacial score (nSPS) is 34.6. The highest BCUT2D eigenvalue weighted by atomic mass is 16.8. The number of ether oxygens (including phenoxy) is 4. The third kappa shape index (κ3) is 3.21. The highest BCUT2D eigenvalue weighted by molar-refractivity contribution is 5.36. The first-order valence-electron chi connectivity index (χ1n) is 7.52. The van der Waals surface area contributed by atoms with Crippen LogP contribution in [-0.2, 0) is 14.2 Å². The number of nitro benzene ring substituents is 1. The molecule has 0 unspecified atom stereocenters. The molecule has 1 aromatic carbocycles. The van der Waals surface area contributed by atoms with Gasteiger partial charge >= 0.3 is 0 Å². The molecule has 2 heterocycles. The van der Waals surface area contributed by atoms with Crippen molar-refractivity contribution >= 4 is 5.69 Å². The molecular weight excluding hydrogens is 322 g/mol. The molecule has 5 atom stereocenters. The zero-order valence-corrected chi connectivity index (χ0v) is 13.2. The van der Waals surface area contributed by atoms with E-state index in [0.29, 0.717) is 0 Å². The fourth-order valence-corrected chi connectivity index (χ4v) is 2.88. The standard InChI is InChI=1S/C15H19NO8/c1-15(2)23-12-10(7-17)22-14(11(18)13(12)24-15)21-9-5-3-8(4-6-9)16(19)20/h3-6,10-14,17-18H,7H2,1-2H3/t10-,11-,12+,13-,14-/m1/s1. The Kier molecular flexibility index (Phi) is 4.45. The van der Waals surface area contributed by atoms with Gasteiger partial charge < -0.3 is 29.2 Å². The molecule has 0 bridgehead atoms. The summed E-state index contributed by atoms with van der Waals surface area (Å²) < 4.78 is 22.5. The molecule has 9 heteroatoms. The summed E-state index contributed by atoms with van der Waals surface area (Å²) in [4.78, 5) is 10.1. The summed E-state index contributed by atoms with van der Waals surface area (Å²) in [5, 5.41) is 30.6. The summed E-state index contributed by atoms with van der Waals surface area (Å²) in [7, 11) is 0. The van der Waals surface area contributed by atoms with Gasteiger partial charge in [-0.25, -0.2) is 0 Å². The second-order valence-corrected chi connectivity index (χ2v) is 6.15. The minimum absolute atomic E-state index is 0.0740. The van der Waals surface area contributed by atoms with Crippen LogP contribution >= 0.6 is 0 Å². The largest absolute Gasteiger partial charge is 0.462 e. The maximum atomic E-state index is 10.7. The van der Waals surface area contributed by atoms with Crippen molar-refractivity contribution in [1.82, 2.24) is 0 Å². The Balaban J connectivity index is 1.75. The molecule has 0 aliphatic carbocycles. The molecule has 9 nitrogen and oxygen atoms in total. The van der Waals surface area contributed by atoms with Gasteiger partial charge in [0.2, 0.25) is 6.29 Å². The van der Waals surface area contributed by atoms with Crippen molar-refractivity contribution in [3.05, 3.63) is 34.4 Å². The summed E-state index contributed by atoms with van der Waals surface area (Å²) in [6.07, 6.45) is -4.29. The molecule has 24 heavy (non-hydrogen) atoms. The van der Waals surface area contributed by atoms with Gasteiger partial charge in [0, 0.05) is 12.1 Å². The lowest BCUT2D eigenvalue weighted by Crippen LogP contribution is -2.58. The number of nitrogens with zero attached hydrogens (tertiary/aromatic N) is 1. The van der Waals surface area contributed by atoms with E-state index in [0.717, 1.165) is 0 Å². The van der Waals surface area contributed by atoms with Crippen LogP contribution in [0.2, 0.25) is 0 Å². The third-order valence-corrected chi connectivity index (χ3v) is 3.93. The molecule has 0 spiro atoms. The Morgan fingerprint density at radius 2 is 1.88 bits per heavy atom. The van der Waals surface area contributed by atoms with E-state index in [9.17, 15) is 20.3 Å². The molecule has 132 valence electrons. The van der Waals surface area contributed by atoms with Gasteiger partial charge in [0.1, 0.15) is 30.2 Å². The average Bonchev–Trinajstić information content (AvgIpc) is 2.86. The smallest absolute Gasteiger partial charge is 0.269 e. The lowest BCUT2D eigenvalue weighted by molar-refractivity contribution is -0.384. The summed E-state index contributed by atoms with van der Waals surface area (Å²) in [6, 6.07) is 5.39. The Labute approximate surface area is 137 Å². The highest BCUT2D eigenvalue weighted by Gasteiger charge is 2.55. The van der Waals surface area contributed by atoms with Crippen molar-refractivity contribution in [1.29, 1.82) is 0 Å². The zero-order chi connectivity index (χ0) is 17.5. The molecule has 2 N–H and O–H groups in total. The number of aliphatic hydroxyl groups excluding tert-OH is 2. The van der Waals surface area contributed by atoms with Gasteiger partial charge in [-0.15, -0.1) is 0 Å². The molecule has 0 amide bonds. The van der Waals surface area contributed by atoms with Crippen LogP contribution in [0.5, 0.6) is 5.75 Å². The Bertz CT molecular complexity index is 604. The number of nitro groups is 1. The quantitative estimate of drug-likeness (QED) is 0.602. The van der Waals surface area contributed by atoms with Crippen molar-refractivity contribution in [2.75, 3.05) is 6.61 Å². The first-order valence-corrected chi connectivity index (χ1v) is 7.52. The number of aliphatic hydroxyl groups is 2. The molecular formula is C15H19NO8. The van der Waals surface area contributed by atoms with E-state index in [-0.39, 0.29) is 18.0 Å². The lowest BCUT2D eigenvalue weighted by atomic mass is 9.99. The van der Waals surface area contributed by atoms with E-state index >= 15 is 0 Å². The second kappa shape index (κ2) is 6.26. The van der Waals surface area contributed by atoms with E-state index < -0.39 is 41.4 Å². The zero-order valence-electron chi connectivity index (χ0n) is 13.2. The molecule has 3 rings (SSSR count).